The Hall–Kier alpha value is -2.37. The molecule has 0 bridgehead atoms. The van der Waals surface area contributed by atoms with Crippen molar-refractivity contribution >= 4 is 11.8 Å². The number of nitrogens with one attached hydrogen (secondary N) is 2. The minimum atomic E-state index is -1.07. The zero-order valence-corrected chi connectivity index (χ0v) is 8.56. The maximum Gasteiger partial charge on any atom is 0.354 e. The highest BCUT2D eigenvalue weighted by Crippen LogP contribution is 2.16. The van der Waals surface area contributed by atoms with Crippen LogP contribution in [0.15, 0.2) is 24.5 Å². The highest BCUT2D eigenvalue weighted by atomic mass is 16.4. The first kappa shape index (κ1) is 10.2. The van der Waals surface area contributed by atoms with E-state index in [4.69, 9.17) is 5.11 Å². The predicted molar refractivity (Wildman–Crippen MR) is 58.3 cm³/mol. The Morgan fingerprint density at radius 2 is 2.31 bits per heavy atom. The third kappa shape index (κ3) is 1.85. The first-order chi connectivity index (χ1) is 7.70. The Kier molecular flexibility index (Phi) is 2.55. The van der Waals surface area contributed by atoms with Crippen molar-refractivity contribution in [2.75, 3.05) is 12.4 Å². The Morgan fingerprint density at radius 1 is 1.50 bits per heavy atom. The van der Waals surface area contributed by atoms with E-state index in [0.717, 1.165) is 5.56 Å². The molecule has 2 aromatic heterocycles. The fraction of sp³-hybridized carbons (Fsp3) is 0.100. The van der Waals surface area contributed by atoms with Crippen molar-refractivity contribution in [2.24, 2.45) is 0 Å². The number of carbonyl (C=O) groups is 1. The van der Waals surface area contributed by atoms with E-state index in [2.05, 4.69) is 20.3 Å². The van der Waals surface area contributed by atoms with Crippen LogP contribution in [0.5, 0.6) is 0 Å². The monoisotopic (exact) mass is 218 g/mol. The number of carboxylic acid groups (broad SMARTS) is 1. The lowest BCUT2D eigenvalue weighted by Crippen LogP contribution is -2.05. The molecule has 0 spiro atoms. The molecule has 0 saturated heterocycles. The van der Waals surface area contributed by atoms with Crippen LogP contribution < -0.4 is 5.32 Å². The zero-order chi connectivity index (χ0) is 11.5. The quantitative estimate of drug-likeness (QED) is 0.720. The average molecular weight is 218 g/mol. The molecule has 0 aromatic carbocycles. The van der Waals surface area contributed by atoms with Crippen molar-refractivity contribution in [3.63, 3.8) is 0 Å². The third-order valence-corrected chi connectivity index (χ3v) is 2.06. The molecule has 2 heterocycles. The summed E-state index contributed by atoms with van der Waals surface area (Å²) in [6.45, 7) is 0. The van der Waals surface area contributed by atoms with Crippen molar-refractivity contribution in [1.29, 1.82) is 0 Å². The minimum Gasteiger partial charge on any atom is -0.477 e. The maximum atomic E-state index is 10.9. The van der Waals surface area contributed by atoms with Gasteiger partial charge >= 0.3 is 5.97 Å². The minimum absolute atomic E-state index is 0.0319. The molecule has 2 rings (SSSR count). The summed E-state index contributed by atoms with van der Waals surface area (Å²) in [5.74, 6) is -0.218. The van der Waals surface area contributed by atoms with Crippen LogP contribution in [0, 0.1) is 0 Å². The molecule has 3 N–H and O–H groups in total. The third-order valence-electron chi connectivity index (χ3n) is 2.06. The molecule has 0 atom stereocenters. The lowest BCUT2D eigenvalue weighted by Gasteiger charge is -2.03. The van der Waals surface area contributed by atoms with Gasteiger partial charge < -0.3 is 15.4 Å². The summed E-state index contributed by atoms with van der Waals surface area (Å²) >= 11 is 0. The van der Waals surface area contributed by atoms with Crippen molar-refractivity contribution in [2.45, 2.75) is 0 Å². The number of aromatic nitrogens is 3. The number of anilines is 1. The lowest BCUT2D eigenvalue weighted by molar-refractivity contribution is 0.0690. The van der Waals surface area contributed by atoms with Gasteiger partial charge in [-0.25, -0.2) is 14.8 Å². The number of hydrogen-bond donors (Lipinski definition) is 3. The SMILES string of the molecule is CNc1cc(C(=O)O)nc(-c2cc[nH]c2)n1. The summed E-state index contributed by atoms with van der Waals surface area (Å²) in [5.41, 5.74) is 0.718. The zero-order valence-electron chi connectivity index (χ0n) is 8.56. The van der Waals surface area contributed by atoms with Gasteiger partial charge in [-0.3, -0.25) is 0 Å². The summed E-state index contributed by atoms with van der Waals surface area (Å²) in [7, 11) is 1.68. The molecule has 6 nitrogen and oxygen atoms in total. The van der Waals surface area contributed by atoms with Gasteiger partial charge in [0.25, 0.3) is 0 Å². The number of aromatic carboxylic acids is 1. The molecular formula is C10H10N4O2. The Balaban J connectivity index is 2.53. The second kappa shape index (κ2) is 4.01. The van der Waals surface area contributed by atoms with Crippen LogP contribution in [0.4, 0.5) is 5.82 Å². The fourth-order valence-electron chi connectivity index (χ4n) is 1.28. The van der Waals surface area contributed by atoms with Gasteiger partial charge in [0.1, 0.15) is 5.82 Å². The van der Waals surface area contributed by atoms with E-state index in [9.17, 15) is 4.79 Å². The molecule has 0 aliphatic carbocycles. The van der Waals surface area contributed by atoms with Crippen molar-refractivity contribution in [1.82, 2.24) is 15.0 Å². The van der Waals surface area contributed by atoms with E-state index in [0.29, 0.717) is 11.6 Å². The number of hydrogen-bond acceptors (Lipinski definition) is 4. The largest absolute Gasteiger partial charge is 0.477 e. The van der Waals surface area contributed by atoms with E-state index >= 15 is 0 Å². The number of carboxylic acids is 1. The molecule has 0 fully saturated rings. The summed E-state index contributed by atoms with van der Waals surface area (Å²) in [6.07, 6.45) is 3.44. The fourth-order valence-corrected chi connectivity index (χ4v) is 1.28. The van der Waals surface area contributed by atoms with E-state index in [1.807, 2.05) is 0 Å². The van der Waals surface area contributed by atoms with Crippen molar-refractivity contribution in [3.05, 3.63) is 30.2 Å². The van der Waals surface area contributed by atoms with Gasteiger partial charge in [-0.1, -0.05) is 0 Å². The number of nitrogens with zero attached hydrogens (tertiary/aromatic N) is 2. The van der Waals surface area contributed by atoms with E-state index in [-0.39, 0.29) is 5.69 Å². The highest BCUT2D eigenvalue weighted by Gasteiger charge is 2.11. The van der Waals surface area contributed by atoms with Gasteiger partial charge in [0.05, 0.1) is 0 Å². The average Bonchev–Trinajstić information content (AvgIpc) is 2.81. The molecule has 0 aliphatic rings. The molecule has 82 valence electrons. The molecule has 0 saturated carbocycles. The molecule has 6 heteroatoms. The molecule has 16 heavy (non-hydrogen) atoms. The molecule has 2 aromatic rings. The van der Waals surface area contributed by atoms with Gasteiger partial charge in [-0.05, 0) is 6.07 Å². The summed E-state index contributed by atoms with van der Waals surface area (Å²) < 4.78 is 0. The van der Waals surface area contributed by atoms with E-state index in [1.165, 1.54) is 6.07 Å². The van der Waals surface area contributed by atoms with Crippen LogP contribution in [-0.2, 0) is 0 Å². The summed E-state index contributed by atoms with van der Waals surface area (Å²) in [4.78, 5) is 21.9. The smallest absolute Gasteiger partial charge is 0.354 e. The van der Waals surface area contributed by atoms with Gasteiger partial charge in [-0.2, -0.15) is 0 Å². The molecule has 0 radical (unpaired) electrons. The normalized spacial score (nSPS) is 10.1. The van der Waals surface area contributed by atoms with Crippen LogP contribution >= 0.6 is 0 Å². The second-order valence-corrected chi connectivity index (χ2v) is 3.12. The molecular weight excluding hydrogens is 208 g/mol. The van der Waals surface area contributed by atoms with E-state index in [1.54, 1.807) is 25.5 Å². The number of H-pyrrole nitrogens is 1. The second-order valence-electron chi connectivity index (χ2n) is 3.12. The highest BCUT2D eigenvalue weighted by molar-refractivity contribution is 5.86. The van der Waals surface area contributed by atoms with E-state index < -0.39 is 5.97 Å². The topological polar surface area (TPSA) is 90.9 Å². The van der Waals surface area contributed by atoms with Crippen LogP contribution in [0.3, 0.4) is 0 Å². The Morgan fingerprint density at radius 3 is 2.88 bits per heavy atom. The summed E-state index contributed by atoms with van der Waals surface area (Å²) in [5, 5.41) is 11.7. The van der Waals surface area contributed by atoms with Crippen LogP contribution in [0.2, 0.25) is 0 Å². The first-order valence-electron chi connectivity index (χ1n) is 4.64. The van der Waals surface area contributed by atoms with Gasteiger partial charge in [0, 0.05) is 31.1 Å². The van der Waals surface area contributed by atoms with Crippen molar-refractivity contribution in [3.8, 4) is 11.4 Å². The standard InChI is InChI=1S/C10H10N4O2/c1-11-8-4-7(10(15)16)13-9(14-8)6-2-3-12-5-6/h2-5,12H,1H3,(H,15,16)(H,11,13,14). The predicted octanol–water partition coefficient (Wildman–Crippen LogP) is 1.21. The van der Waals surface area contributed by atoms with Crippen LogP contribution in [0.25, 0.3) is 11.4 Å². The van der Waals surface area contributed by atoms with Crippen molar-refractivity contribution < 1.29 is 9.90 Å². The lowest BCUT2D eigenvalue weighted by atomic mass is 10.3. The van der Waals surface area contributed by atoms with Gasteiger partial charge in [-0.15, -0.1) is 0 Å². The van der Waals surface area contributed by atoms with Gasteiger partial charge in [0.15, 0.2) is 11.5 Å². The maximum absolute atomic E-state index is 10.9. The molecule has 0 unspecified atom stereocenters. The van der Waals surface area contributed by atoms with Crippen LogP contribution in [-0.4, -0.2) is 33.1 Å². The first-order valence-corrected chi connectivity index (χ1v) is 4.64. The molecule has 0 aliphatic heterocycles. The number of rotatable bonds is 3. The molecule has 0 amide bonds. The Labute approximate surface area is 91.4 Å². The summed E-state index contributed by atoms with van der Waals surface area (Å²) in [6, 6.07) is 3.17. The van der Waals surface area contributed by atoms with Crippen LogP contribution in [0.1, 0.15) is 10.5 Å². The number of aromatic amines is 1. The van der Waals surface area contributed by atoms with Gasteiger partial charge in [0.2, 0.25) is 0 Å². The Bertz CT molecular complexity index is 508.